The molecule has 1 aromatic carbocycles. The van der Waals surface area contributed by atoms with E-state index in [4.69, 9.17) is 4.74 Å². The molecule has 1 heterocycles. The van der Waals surface area contributed by atoms with Crippen LogP contribution >= 0.6 is 11.8 Å². The Bertz CT molecular complexity index is 452. The Hall–Kier alpha value is -1.26. The van der Waals surface area contributed by atoms with Crippen LogP contribution in [0.4, 0.5) is 0 Å². The SMILES string of the molecule is C=CCN(Cc1ccc(SC)cc1)C(=O)[C@@H]1CCCO1. The lowest BCUT2D eigenvalue weighted by molar-refractivity contribution is -0.141. The summed E-state index contributed by atoms with van der Waals surface area (Å²) in [5.74, 6) is 0.0799. The maximum Gasteiger partial charge on any atom is 0.252 e. The number of hydrogen-bond acceptors (Lipinski definition) is 3. The number of nitrogens with zero attached hydrogens (tertiary/aromatic N) is 1. The predicted octanol–water partition coefficient (Wildman–Crippen LogP) is 3.10. The zero-order valence-electron chi connectivity index (χ0n) is 11.9. The molecule has 0 saturated carbocycles. The van der Waals surface area contributed by atoms with Gasteiger partial charge in [0.15, 0.2) is 0 Å². The number of carbonyl (C=O) groups is 1. The molecule has 108 valence electrons. The monoisotopic (exact) mass is 291 g/mol. The summed E-state index contributed by atoms with van der Waals surface area (Å²) >= 11 is 1.72. The topological polar surface area (TPSA) is 29.5 Å². The quantitative estimate of drug-likeness (QED) is 0.596. The van der Waals surface area contributed by atoms with E-state index in [1.54, 1.807) is 17.8 Å². The summed E-state index contributed by atoms with van der Waals surface area (Å²) in [5, 5.41) is 0. The standard InChI is InChI=1S/C16H21NO2S/c1-3-10-17(16(18)15-5-4-11-19-15)12-13-6-8-14(20-2)9-7-13/h3,6-9,15H,1,4-5,10-12H2,2H3/t15-/m0/s1. The number of thioether (sulfide) groups is 1. The number of amides is 1. The van der Waals surface area contributed by atoms with Crippen molar-refractivity contribution in [3.8, 4) is 0 Å². The van der Waals surface area contributed by atoms with Crippen molar-refractivity contribution in [2.45, 2.75) is 30.4 Å². The molecule has 20 heavy (non-hydrogen) atoms. The van der Waals surface area contributed by atoms with Gasteiger partial charge >= 0.3 is 0 Å². The Morgan fingerprint density at radius 2 is 2.25 bits per heavy atom. The van der Waals surface area contributed by atoms with Crippen molar-refractivity contribution in [3.05, 3.63) is 42.5 Å². The molecule has 1 aromatic rings. The first-order chi connectivity index (χ1) is 9.74. The third-order valence-corrected chi connectivity index (χ3v) is 4.14. The van der Waals surface area contributed by atoms with Gasteiger partial charge in [0.25, 0.3) is 5.91 Å². The Labute approximate surface area is 125 Å². The van der Waals surface area contributed by atoms with Crippen LogP contribution in [-0.2, 0) is 16.1 Å². The first-order valence-electron chi connectivity index (χ1n) is 6.89. The molecule has 1 fully saturated rings. The highest BCUT2D eigenvalue weighted by Gasteiger charge is 2.27. The van der Waals surface area contributed by atoms with Crippen LogP contribution < -0.4 is 0 Å². The summed E-state index contributed by atoms with van der Waals surface area (Å²) < 4.78 is 5.49. The lowest BCUT2D eigenvalue weighted by Gasteiger charge is -2.24. The molecule has 1 aliphatic rings. The molecule has 0 aliphatic carbocycles. The van der Waals surface area contributed by atoms with Crippen LogP contribution in [0.3, 0.4) is 0 Å². The van der Waals surface area contributed by atoms with Gasteiger partial charge in [0.05, 0.1) is 0 Å². The Balaban J connectivity index is 2.03. The lowest BCUT2D eigenvalue weighted by atomic mass is 10.1. The molecular formula is C16H21NO2S. The van der Waals surface area contributed by atoms with E-state index in [-0.39, 0.29) is 12.0 Å². The molecule has 0 unspecified atom stereocenters. The van der Waals surface area contributed by atoms with Crippen LogP contribution in [-0.4, -0.2) is 36.3 Å². The van der Waals surface area contributed by atoms with E-state index in [1.807, 2.05) is 4.90 Å². The molecule has 2 rings (SSSR count). The zero-order valence-corrected chi connectivity index (χ0v) is 12.7. The fourth-order valence-electron chi connectivity index (χ4n) is 2.32. The highest BCUT2D eigenvalue weighted by molar-refractivity contribution is 7.98. The van der Waals surface area contributed by atoms with Gasteiger partial charge in [0, 0.05) is 24.6 Å². The summed E-state index contributed by atoms with van der Waals surface area (Å²) in [7, 11) is 0. The van der Waals surface area contributed by atoms with Gasteiger partial charge in [-0.15, -0.1) is 18.3 Å². The number of benzene rings is 1. The molecule has 0 bridgehead atoms. The first-order valence-corrected chi connectivity index (χ1v) is 8.11. The third-order valence-electron chi connectivity index (χ3n) is 3.40. The summed E-state index contributed by atoms with van der Waals surface area (Å²) in [6.07, 6.45) is 5.36. The zero-order chi connectivity index (χ0) is 14.4. The van der Waals surface area contributed by atoms with Gasteiger partial charge in [0.2, 0.25) is 0 Å². The van der Waals surface area contributed by atoms with E-state index in [9.17, 15) is 4.79 Å². The van der Waals surface area contributed by atoms with E-state index >= 15 is 0 Å². The predicted molar refractivity (Wildman–Crippen MR) is 82.8 cm³/mol. The minimum Gasteiger partial charge on any atom is -0.368 e. The molecule has 1 aliphatic heterocycles. The molecular weight excluding hydrogens is 270 g/mol. The van der Waals surface area contributed by atoms with Crippen molar-refractivity contribution < 1.29 is 9.53 Å². The van der Waals surface area contributed by atoms with E-state index in [0.717, 1.165) is 18.4 Å². The van der Waals surface area contributed by atoms with Gasteiger partial charge in [0.1, 0.15) is 6.10 Å². The van der Waals surface area contributed by atoms with Crippen LogP contribution in [0, 0.1) is 0 Å². The van der Waals surface area contributed by atoms with Crippen LogP contribution in [0.2, 0.25) is 0 Å². The van der Waals surface area contributed by atoms with E-state index in [2.05, 4.69) is 37.1 Å². The fraction of sp³-hybridized carbons (Fsp3) is 0.438. The smallest absolute Gasteiger partial charge is 0.252 e. The second-order valence-corrected chi connectivity index (χ2v) is 5.74. The molecule has 1 amide bonds. The fourth-order valence-corrected chi connectivity index (χ4v) is 2.72. The first kappa shape index (κ1) is 15.1. The van der Waals surface area contributed by atoms with Gasteiger partial charge in [-0.05, 0) is 36.8 Å². The Kier molecular flexibility index (Phi) is 5.68. The maximum atomic E-state index is 12.4. The molecule has 0 spiro atoms. The Morgan fingerprint density at radius 1 is 1.50 bits per heavy atom. The number of carbonyl (C=O) groups excluding carboxylic acids is 1. The van der Waals surface area contributed by atoms with Gasteiger partial charge < -0.3 is 9.64 Å². The van der Waals surface area contributed by atoms with Crippen molar-refractivity contribution >= 4 is 17.7 Å². The summed E-state index contributed by atoms with van der Waals surface area (Å²) in [6, 6.07) is 8.32. The summed E-state index contributed by atoms with van der Waals surface area (Å²) in [6.45, 7) is 5.60. The number of hydrogen-bond donors (Lipinski definition) is 0. The minimum atomic E-state index is -0.263. The minimum absolute atomic E-state index is 0.0799. The lowest BCUT2D eigenvalue weighted by Crippen LogP contribution is -2.38. The maximum absolute atomic E-state index is 12.4. The van der Waals surface area contributed by atoms with Gasteiger partial charge in [-0.3, -0.25) is 4.79 Å². The molecule has 0 aromatic heterocycles. The molecule has 4 heteroatoms. The van der Waals surface area contributed by atoms with Gasteiger partial charge in [-0.25, -0.2) is 0 Å². The number of rotatable bonds is 6. The van der Waals surface area contributed by atoms with Crippen molar-refractivity contribution in [3.63, 3.8) is 0 Å². The van der Waals surface area contributed by atoms with Crippen LogP contribution in [0.25, 0.3) is 0 Å². The van der Waals surface area contributed by atoms with Crippen LogP contribution in [0.15, 0.2) is 41.8 Å². The second kappa shape index (κ2) is 7.50. The summed E-state index contributed by atoms with van der Waals surface area (Å²) in [5.41, 5.74) is 1.14. The summed E-state index contributed by atoms with van der Waals surface area (Å²) in [4.78, 5) is 15.5. The number of ether oxygens (including phenoxy) is 1. The van der Waals surface area contributed by atoms with Crippen molar-refractivity contribution in [2.75, 3.05) is 19.4 Å². The van der Waals surface area contributed by atoms with Gasteiger partial charge in [-0.2, -0.15) is 0 Å². The average molecular weight is 291 g/mol. The van der Waals surface area contributed by atoms with Crippen molar-refractivity contribution in [1.82, 2.24) is 4.90 Å². The van der Waals surface area contributed by atoms with E-state index < -0.39 is 0 Å². The van der Waals surface area contributed by atoms with Crippen LogP contribution in [0.5, 0.6) is 0 Å². The molecule has 1 saturated heterocycles. The second-order valence-electron chi connectivity index (χ2n) is 4.86. The largest absolute Gasteiger partial charge is 0.368 e. The van der Waals surface area contributed by atoms with E-state index in [0.29, 0.717) is 19.7 Å². The normalized spacial score (nSPS) is 17.9. The third kappa shape index (κ3) is 3.87. The molecule has 1 atom stereocenters. The van der Waals surface area contributed by atoms with E-state index in [1.165, 1.54) is 4.90 Å². The highest BCUT2D eigenvalue weighted by Crippen LogP contribution is 2.18. The van der Waals surface area contributed by atoms with Gasteiger partial charge in [-0.1, -0.05) is 18.2 Å². The molecule has 0 radical (unpaired) electrons. The molecule has 3 nitrogen and oxygen atoms in total. The highest BCUT2D eigenvalue weighted by atomic mass is 32.2. The Morgan fingerprint density at radius 3 is 2.80 bits per heavy atom. The van der Waals surface area contributed by atoms with Crippen LogP contribution in [0.1, 0.15) is 18.4 Å². The molecule has 0 N–H and O–H groups in total. The van der Waals surface area contributed by atoms with Crippen molar-refractivity contribution in [2.24, 2.45) is 0 Å². The average Bonchev–Trinajstić information content (AvgIpc) is 3.01. The van der Waals surface area contributed by atoms with Crippen molar-refractivity contribution in [1.29, 1.82) is 0 Å².